The molecule has 1 aliphatic heterocycles. The second-order valence-electron chi connectivity index (χ2n) is 4.30. The summed E-state index contributed by atoms with van der Waals surface area (Å²) in [5.74, 6) is 1.78. The molecule has 17 heavy (non-hydrogen) atoms. The van der Waals surface area contributed by atoms with Crippen LogP contribution in [0.15, 0.2) is 18.3 Å². The van der Waals surface area contributed by atoms with Crippen molar-refractivity contribution in [2.45, 2.75) is 19.8 Å². The lowest BCUT2D eigenvalue weighted by molar-refractivity contribution is 0.237. The summed E-state index contributed by atoms with van der Waals surface area (Å²) in [6, 6.07) is 3.86. The molecule has 1 aromatic heterocycles. The lowest BCUT2D eigenvalue weighted by Gasteiger charge is -2.15. The average molecular weight is 235 g/mol. The molecule has 4 heteroatoms. The standard InChI is InChI=1S/C13H21N3O/c1-2-14-13-11-12(5-6-15-13)17-10-9-16-7-3-4-8-16/h5-6,11H,2-4,7-10H2,1H3,(H,14,15). The van der Waals surface area contributed by atoms with Crippen molar-refractivity contribution in [1.29, 1.82) is 0 Å². The Morgan fingerprint density at radius 1 is 1.41 bits per heavy atom. The van der Waals surface area contributed by atoms with Crippen molar-refractivity contribution in [1.82, 2.24) is 9.88 Å². The van der Waals surface area contributed by atoms with E-state index in [0.29, 0.717) is 0 Å². The molecule has 0 aromatic carbocycles. The monoisotopic (exact) mass is 235 g/mol. The number of pyridine rings is 1. The molecule has 0 saturated carbocycles. The van der Waals surface area contributed by atoms with Gasteiger partial charge in [0.15, 0.2) is 0 Å². The smallest absolute Gasteiger partial charge is 0.129 e. The van der Waals surface area contributed by atoms with Gasteiger partial charge in [-0.3, -0.25) is 4.90 Å². The molecule has 0 bridgehead atoms. The van der Waals surface area contributed by atoms with E-state index in [1.54, 1.807) is 6.20 Å². The van der Waals surface area contributed by atoms with Gasteiger partial charge in [-0.05, 0) is 38.9 Å². The zero-order valence-electron chi connectivity index (χ0n) is 10.5. The number of rotatable bonds is 6. The van der Waals surface area contributed by atoms with Crippen LogP contribution in [0.1, 0.15) is 19.8 Å². The highest BCUT2D eigenvalue weighted by molar-refractivity contribution is 5.40. The van der Waals surface area contributed by atoms with E-state index in [2.05, 4.69) is 22.1 Å². The largest absolute Gasteiger partial charge is 0.492 e. The van der Waals surface area contributed by atoms with Gasteiger partial charge in [-0.25, -0.2) is 4.98 Å². The first-order chi connectivity index (χ1) is 8.38. The lowest BCUT2D eigenvalue weighted by Crippen LogP contribution is -2.25. The molecule has 0 atom stereocenters. The van der Waals surface area contributed by atoms with Crippen LogP contribution < -0.4 is 10.1 Å². The third kappa shape index (κ3) is 3.89. The number of nitrogens with one attached hydrogen (secondary N) is 1. The Labute approximate surface area is 103 Å². The van der Waals surface area contributed by atoms with Crippen LogP contribution in [0.4, 0.5) is 5.82 Å². The number of nitrogens with zero attached hydrogens (tertiary/aromatic N) is 2. The molecule has 1 saturated heterocycles. The van der Waals surface area contributed by atoms with E-state index in [0.717, 1.165) is 31.3 Å². The molecule has 2 heterocycles. The molecular formula is C13H21N3O. The van der Waals surface area contributed by atoms with Crippen LogP contribution in [-0.2, 0) is 0 Å². The molecule has 1 aliphatic rings. The van der Waals surface area contributed by atoms with Crippen LogP contribution >= 0.6 is 0 Å². The second kappa shape index (κ2) is 6.45. The summed E-state index contributed by atoms with van der Waals surface area (Å²) < 4.78 is 5.73. The summed E-state index contributed by atoms with van der Waals surface area (Å²) in [6.45, 7) is 7.17. The van der Waals surface area contributed by atoms with Crippen LogP contribution in [-0.4, -0.2) is 42.7 Å². The van der Waals surface area contributed by atoms with E-state index in [1.807, 2.05) is 12.1 Å². The molecule has 1 N–H and O–H groups in total. The lowest BCUT2D eigenvalue weighted by atomic mass is 10.4. The highest BCUT2D eigenvalue weighted by atomic mass is 16.5. The van der Waals surface area contributed by atoms with Gasteiger partial charge >= 0.3 is 0 Å². The predicted octanol–water partition coefficient (Wildman–Crippen LogP) is 1.99. The summed E-state index contributed by atoms with van der Waals surface area (Å²) in [4.78, 5) is 6.66. The number of likely N-dealkylation sites (tertiary alicyclic amines) is 1. The van der Waals surface area contributed by atoms with Crippen molar-refractivity contribution >= 4 is 5.82 Å². The number of aromatic nitrogens is 1. The van der Waals surface area contributed by atoms with Crippen molar-refractivity contribution in [3.63, 3.8) is 0 Å². The van der Waals surface area contributed by atoms with Crippen molar-refractivity contribution in [2.75, 3.05) is 38.1 Å². The fourth-order valence-electron chi connectivity index (χ4n) is 2.08. The molecule has 2 rings (SSSR count). The summed E-state index contributed by atoms with van der Waals surface area (Å²) in [5.41, 5.74) is 0. The first kappa shape index (κ1) is 12.2. The Balaban J connectivity index is 1.75. The van der Waals surface area contributed by atoms with E-state index >= 15 is 0 Å². The van der Waals surface area contributed by atoms with Crippen molar-refractivity contribution in [3.05, 3.63) is 18.3 Å². The summed E-state index contributed by atoms with van der Waals surface area (Å²) >= 11 is 0. The Hall–Kier alpha value is -1.29. The normalized spacial score (nSPS) is 16.1. The van der Waals surface area contributed by atoms with E-state index in [9.17, 15) is 0 Å². The van der Waals surface area contributed by atoms with Crippen LogP contribution in [0.25, 0.3) is 0 Å². The molecule has 0 spiro atoms. The van der Waals surface area contributed by atoms with Crippen LogP contribution in [0.2, 0.25) is 0 Å². The maximum atomic E-state index is 5.73. The van der Waals surface area contributed by atoms with Gasteiger partial charge in [-0.2, -0.15) is 0 Å². The van der Waals surface area contributed by atoms with E-state index in [1.165, 1.54) is 25.9 Å². The van der Waals surface area contributed by atoms with Crippen molar-refractivity contribution < 1.29 is 4.74 Å². The fourth-order valence-corrected chi connectivity index (χ4v) is 2.08. The second-order valence-corrected chi connectivity index (χ2v) is 4.30. The first-order valence-corrected chi connectivity index (χ1v) is 6.43. The Bertz CT molecular complexity index is 337. The van der Waals surface area contributed by atoms with Crippen molar-refractivity contribution in [2.24, 2.45) is 0 Å². The number of ether oxygens (including phenoxy) is 1. The zero-order valence-corrected chi connectivity index (χ0v) is 10.5. The topological polar surface area (TPSA) is 37.4 Å². The van der Waals surface area contributed by atoms with Gasteiger partial charge in [0.25, 0.3) is 0 Å². The molecule has 4 nitrogen and oxygen atoms in total. The number of hydrogen-bond donors (Lipinski definition) is 1. The maximum Gasteiger partial charge on any atom is 0.129 e. The molecular weight excluding hydrogens is 214 g/mol. The molecule has 0 unspecified atom stereocenters. The molecule has 0 amide bonds. The predicted molar refractivity (Wildman–Crippen MR) is 69.6 cm³/mol. The Morgan fingerprint density at radius 3 is 3.00 bits per heavy atom. The molecule has 94 valence electrons. The van der Waals surface area contributed by atoms with E-state index < -0.39 is 0 Å². The Kier molecular flexibility index (Phi) is 4.62. The molecule has 0 radical (unpaired) electrons. The highest BCUT2D eigenvalue weighted by Crippen LogP contribution is 2.14. The minimum absolute atomic E-state index is 0.760. The van der Waals surface area contributed by atoms with Gasteiger partial charge in [0.05, 0.1) is 0 Å². The Morgan fingerprint density at radius 2 is 2.24 bits per heavy atom. The summed E-state index contributed by atoms with van der Waals surface area (Å²) in [5, 5.41) is 3.18. The zero-order chi connectivity index (χ0) is 11.9. The van der Waals surface area contributed by atoms with Gasteiger partial charge in [0, 0.05) is 25.4 Å². The molecule has 1 fully saturated rings. The number of hydrogen-bond acceptors (Lipinski definition) is 4. The highest BCUT2D eigenvalue weighted by Gasteiger charge is 2.10. The third-order valence-electron chi connectivity index (χ3n) is 2.96. The van der Waals surface area contributed by atoms with Crippen LogP contribution in [0, 0.1) is 0 Å². The van der Waals surface area contributed by atoms with Gasteiger partial charge < -0.3 is 10.1 Å². The van der Waals surface area contributed by atoms with E-state index in [-0.39, 0.29) is 0 Å². The SMILES string of the molecule is CCNc1cc(OCCN2CCCC2)ccn1. The van der Waals surface area contributed by atoms with Gasteiger partial charge in [-0.1, -0.05) is 0 Å². The molecule has 1 aromatic rings. The van der Waals surface area contributed by atoms with Gasteiger partial charge in [0.2, 0.25) is 0 Å². The number of anilines is 1. The van der Waals surface area contributed by atoms with Crippen LogP contribution in [0.3, 0.4) is 0 Å². The molecule has 0 aliphatic carbocycles. The first-order valence-electron chi connectivity index (χ1n) is 6.43. The minimum atomic E-state index is 0.760. The maximum absolute atomic E-state index is 5.73. The van der Waals surface area contributed by atoms with Crippen LogP contribution in [0.5, 0.6) is 5.75 Å². The summed E-state index contributed by atoms with van der Waals surface area (Å²) in [6.07, 6.45) is 4.45. The average Bonchev–Trinajstić information content (AvgIpc) is 2.83. The summed E-state index contributed by atoms with van der Waals surface area (Å²) in [7, 11) is 0. The van der Waals surface area contributed by atoms with Gasteiger partial charge in [0.1, 0.15) is 18.2 Å². The quantitative estimate of drug-likeness (QED) is 0.818. The fraction of sp³-hybridized carbons (Fsp3) is 0.615. The minimum Gasteiger partial charge on any atom is -0.492 e. The van der Waals surface area contributed by atoms with Crippen molar-refractivity contribution in [3.8, 4) is 5.75 Å². The van der Waals surface area contributed by atoms with E-state index in [4.69, 9.17) is 4.74 Å². The van der Waals surface area contributed by atoms with Gasteiger partial charge in [-0.15, -0.1) is 0 Å². The third-order valence-corrected chi connectivity index (χ3v) is 2.96.